The van der Waals surface area contributed by atoms with Crippen molar-refractivity contribution >= 4 is 17.5 Å². The van der Waals surface area contributed by atoms with E-state index in [-0.39, 0.29) is 17.4 Å². The van der Waals surface area contributed by atoms with Crippen LogP contribution in [0.1, 0.15) is 53.4 Å². The Hall–Kier alpha value is -4.21. The lowest BCUT2D eigenvalue weighted by molar-refractivity contribution is -0.137. The van der Waals surface area contributed by atoms with Gasteiger partial charge in [0.05, 0.1) is 17.2 Å². The molecular weight excluding hydrogens is 490 g/mol. The number of carbonyl (C=O) groups is 1. The molecule has 192 valence electrons. The Morgan fingerprint density at radius 3 is 2.30 bits per heavy atom. The van der Waals surface area contributed by atoms with Crippen LogP contribution in [0.4, 0.5) is 17.6 Å². The zero-order valence-electron chi connectivity index (χ0n) is 20.0. The molecule has 0 radical (unpaired) electrons. The predicted octanol–water partition coefficient (Wildman–Crippen LogP) is 6.74. The van der Waals surface area contributed by atoms with Gasteiger partial charge in [0.1, 0.15) is 18.2 Å². The van der Waals surface area contributed by atoms with Gasteiger partial charge in [-0.1, -0.05) is 29.4 Å². The number of alkyl halides is 3. The Bertz CT molecular complexity index is 1300. The number of oxime groups is 1. The molecule has 0 N–H and O–H groups in total. The summed E-state index contributed by atoms with van der Waals surface area (Å²) in [6.45, 7) is 3.79. The maximum Gasteiger partial charge on any atom is 0.416 e. The molecule has 0 aliphatic carbocycles. The van der Waals surface area contributed by atoms with Crippen LogP contribution in [-0.4, -0.2) is 22.5 Å². The van der Waals surface area contributed by atoms with E-state index in [1.54, 1.807) is 24.1 Å². The van der Waals surface area contributed by atoms with Crippen LogP contribution >= 0.6 is 0 Å². The third-order valence-electron chi connectivity index (χ3n) is 5.69. The fourth-order valence-corrected chi connectivity index (χ4v) is 3.75. The zero-order chi connectivity index (χ0) is 26.6. The predicted molar refractivity (Wildman–Crippen MR) is 129 cm³/mol. The Labute approximate surface area is 210 Å². The summed E-state index contributed by atoms with van der Waals surface area (Å²) in [4.78, 5) is 17.2. The van der Waals surface area contributed by atoms with Gasteiger partial charge in [-0.15, -0.1) is 0 Å². The molecule has 1 heterocycles. The first-order valence-corrected chi connectivity index (χ1v) is 11.3. The van der Waals surface area contributed by atoms with Gasteiger partial charge in [-0.25, -0.2) is 14.2 Å². The summed E-state index contributed by atoms with van der Waals surface area (Å²) in [5.41, 5.74) is 1.71. The lowest BCUT2D eigenvalue weighted by atomic mass is 10.0. The fraction of sp³-hybridized carbons (Fsp3) is 0.222. The molecule has 3 aromatic carbocycles. The first-order valence-electron chi connectivity index (χ1n) is 11.3. The van der Waals surface area contributed by atoms with Gasteiger partial charge < -0.3 is 9.57 Å². The second-order valence-electron chi connectivity index (χ2n) is 8.48. The molecule has 0 saturated carbocycles. The third-order valence-corrected chi connectivity index (χ3v) is 5.69. The van der Waals surface area contributed by atoms with Gasteiger partial charge in [0.2, 0.25) is 0 Å². The lowest BCUT2D eigenvalue weighted by Crippen LogP contribution is -2.25. The molecule has 6 nitrogen and oxygen atoms in total. The van der Waals surface area contributed by atoms with Crippen LogP contribution < -0.4 is 4.74 Å². The largest absolute Gasteiger partial charge is 0.489 e. The molecule has 0 fully saturated rings. The van der Waals surface area contributed by atoms with E-state index in [9.17, 15) is 22.4 Å². The number of ether oxygens (including phenoxy) is 1. The number of hydrogen-bond acceptors (Lipinski definition) is 5. The average molecular weight is 513 g/mol. The molecule has 4 rings (SSSR count). The number of hydrogen-bond donors (Lipinski definition) is 0. The molecule has 0 amide bonds. The van der Waals surface area contributed by atoms with E-state index in [0.717, 1.165) is 41.1 Å². The lowest BCUT2D eigenvalue weighted by Gasteiger charge is -2.23. The van der Waals surface area contributed by atoms with Crippen molar-refractivity contribution in [2.45, 2.75) is 39.1 Å². The van der Waals surface area contributed by atoms with E-state index >= 15 is 0 Å². The highest BCUT2D eigenvalue weighted by molar-refractivity contribution is 5.91. The molecule has 37 heavy (non-hydrogen) atoms. The topological polar surface area (TPSA) is 63.5 Å². The van der Waals surface area contributed by atoms with Gasteiger partial charge in [0.15, 0.2) is 5.84 Å². The number of nitrogens with zero attached hydrogens (tertiary/aromatic N) is 3. The van der Waals surface area contributed by atoms with Crippen LogP contribution in [0.15, 0.2) is 83.1 Å². The minimum atomic E-state index is -4.50. The molecule has 0 saturated heterocycles. The summed E-state index contributed by atoms with van der Waals surface area (Å²) in [6.07, 6.45) is -3.87. The van der Waals surface area contributed by atoms with Crippen molar-refractivity contribution in [3.8, 4) is 5.75 Å². The molecule has 3 aromatic rings. The van der Waals surface area contributed by atoms with Gasteiger partial charge in [-0.2, -0.15) is 18.3 Å². The number of amidine groups is 1. The van der Waals surface area contributed by atoms with Crippen LogP contribution in [-0.2, 0) is 17.6 Å². The van der Waals surface area contributed by atoms with E-state index in [1.165, 1.54) is 12.1 Å². The van der Waals surface area contributed by atoms with Crippen LogP contribution in [0.25, 0.3) is 0 Å². The maximum atomic E-state index is 13.1. The smallest absolute Gasteiger partial charge is 0.416 e. The number of hydrazone groups is 1. The molecule has 0 spiro atoms. The normalized spacial score (nSPS) is 15.9. The van der Waals surface area contributed by atoms with Crippen LogP contribution in [0.5, 0.6) is 5.75 Å². The van der Waals surface area contributed by atoms with Gasteiger partial charge in [0.25, 0.3) is 0 Å². The molecule has 10 heteroatoms. The van der Waals surface area contributed by atoms with Crippen molar-refractivity contribution in [1.82, 2.24) is 5.01 Å². The van der Waals surface area contributed by atoms with Crippen molar-refractivity contribution in [2.75, 3.05) is 0 Å². The highest BCUT2D eigenvalue weighted by Gasteiger charge is 2.31. The van der Waals surface area contributed by atoms with Crippen molar-refractivity contribution in [2.24, 2.45) is 10.3 Å². The van der Waals surface area contributed by atoms with Crippen LogP contribution in [0.3, 0.4) is 0 Å². The molecule has 1 aliphatic heterocycles. The third kappa shape index (κ3) is 6.52. The van der Waals surface area contributed by atoms with Gasteiger partial charge in [0, 0.05) is 12.1 Å². The van der Waals surface area contributed by atoms with E-state index in [4.69, 9.17) is 9.57 Å². The van der Waals surface area contributed by atoms with E-state index in [1.807, 2.05) is 31.2 Å². The highest BCUT2D eigenvalue weighted by Crippen LogP contribution is 2.32. The second kappa shape index (κ2) is 10.8. The number of rotatable bonds is 6. The quantitative estimate of drug-likeness (QED) is 0.120. The minimum Gasteiger partial charge on any atom is -0.489 e. The maximum absolute atomic E-state index is 13.1. The SMILES string of the molecule is CC1=NN(/C(C)=N\OC(=O)c2ccc(C(F)(F)F)cc2)C(c2ccc(OCc3ccc(F)cc3)cc2)C1. The number of carbonyl (C=O) groups excluding carboxylic acids is 1. The minimum absolute atomic E-state index is 0.0570. The first kappa shape index (κ1) is 25.9. The monoisotopic (exact) mass is 513 g/mol. The standard InChI is InChI=1S/C27H23F4N3O3/c1-17-15-25(20-7-13-24(14-8-20)36-16-19-3-11-23(28)12-4-19)34(32-17)18(2)33-37-26(35)21-5-9-22(10-6-21)27(29,30)31/h3-14,25H,15-16H2,1-2H3/b33-18-. The van der Waals surface area contributed by atoms with E-state index in [2.05, 4.69) is 10.3 Å². The summed E-state index contributed by atoms with van der Waals surface area (Å²) >= 11 is 0. The van der Waals surface area contributed by atoms with Crippen molar-refractivity contribution < 1.29 is 31.9 Å². The second-order valence-corrected chi connectivity index (χ2v) is 8.48. The van der Waals surface area contributed by atoms with Gasteiger partial charge in [-0.3, -0.25) is 0 Å². The molecule has 1 atom stereocenters. The number of benzene rings is 3. The summed E-state index contributed by atoms with van der Waals surface area (Å²) in [6, 6.07) is 17.0. The van der Waals surface area contributed by atoms with Gasteiger partial charge >= 0.3 is 12.1 Å². The molecule has 0 aromatic heterocycles. The Morgan fingerprint density at radius 2 is 1.68 bits per heavy atom. The van der Waals surface area contributed by atoms with E-state index in [0.29, 0.717) is 24.6 Å². The van der Waals surface area contributed by atoms with Gasteiger partial charge in [-0.05, 0) is 73.5 Å². The molecule has 1 unspecified atom stereocenters. The van der Waals surface area contributed by atoms with Crippen molar-refractivity contribution in [3.63, 3.8) is 0 Å². The van der Waals surface area contributed by atoms with Crippen LogP contribution in [0, 0.1) is 5.82 Å². The Morgan fingerprint density at radius 1 is 1.03 bits per heavy atom. The summed E-state index contributed by atoms with van der Waals surface area (Å²) in [5, 5.41) is 9.97. The summed E-state index contributed by atoms with van der Waals surface area (Å²) < 4.78 is 57.0. The highest BCUT2D eigenvalue weighted by atomic mass is 19.4. The molecule has 0 bridgehead atoms. The molecule has 1 aliphatic rings. The first-order chi connectivity index (χ1) is 17.6. The Kier molecular flexibility index (Phi) is 7.56. The zero-order valence-corrected chi connectivity index (χ0v) is 20.0. The Balaban J connectivity index is 1.39. The fourth-order valence-electron chi connectivity index (χ4n) is 3.75. The van der Waals surface area contributed by atoms with Crippen molar-refractivity contribution in [3.05, 3.63) is 101 Å². The average Bonchev–Trinajstić information content (AvgIpc) is 3.28. The van der Waals surface area contributed by atoms with Crippen molar-refractivity contribution in [1.29, 1.82) is 0 Å². The summed E-state index contributed by atoms with van der Waals surface area (Å²) in [7, 11) is 0. The van der Waals surface area contributed by atoms with Crippen LogP contribution in [0.2, 0.25) is 0 Å². The summed E-state index contributed by atoms with van der Waals surface area (Å²) in [5.74, 6) is -0.239. The number of halogens is 4. The van der Waals surface area contributed by atoms with E-state index < -0.39 is 17.7 Å². The molecular formula is C27H23F4N3O3.